The Kier molecular flexibility index (Phi) is 6.33. The molecule has 1 aliphatic heterocycles. The first-order chi connectivity index (χ1) is 17.4. The van der Waals surface area contributed by atoms with Crippen LogP contribution in [0.25, 0.3) is 11.1 Å². The van der Waals surface area contributed by atoms with Crippen molar-refractivity contribution >= 4 is 58.0 Å². The molecule has 0 radical (unpaired) electrons. The highest BCUT2D eigenvalue weighted by molar-refractivity contribution is 7.80. The lowest BCUT2D eigenvalue weighted by atomic mass is 10.0. The molecule has 4 aromatic rings. The summed E-state index contributed by atoms with van der Waals surface area (Å²) in [6.45, 7) is 0. The van der Waals surface area contributed by atoms with Crippen molar-refractivity contribution in [2.45, 2.75) is 0 Å². The Bertz CT molecular complexity index is 1490. The van der Waals surface area contributed by atoms with Crippen molar-refractivity contribution in [2.24, 2.45) is 0 Å². The van der Waals surface area contributed by atoms with E-state index >= 15 is 0 Å². The maximum Gasteiger partial charge on any atom is 0.266 e. The molecule has 6 nitrogen and oxygen atoms in total. The molecule has 0 unspecified atom stereocenters. The van der Waals surface area contributed by atoms with Gasteiger partial charge >= 0.3 is 0 Å². The van der Waals surface area contributed by atoms with Crippen molar-refractivity contribution in [2.75, 3.05) is 10.2 Å². The van der Waals surface area contributed by atoms with Gasteiger partial charge in [0.25, 0.3) is 17.7 Å². The zero-order valence-corrected chi connectivity index (χ0v) is 20.3. The van der Waals surface area contributed by atoms with Gasteiger partial charge in [0.1, 0.15) is 0 Å². The number of amides is 3. The van der Waals surface area contributed by atoms with E-state index in [4.69, 9.17) is 23.8 Å². The Balaban J connectivity index is 1.25. The van der Waals surface area contributed by atoms with E-state index < -0.39 is 11.8 Å². The molecule has 4 aromatic carbocycles. The topological polar surface area (TPSA) is 78.5 Å². The first kappa shape index (κ1) is 23.4. The standard InChI is InChI=1S/C28H18ClN3O3S/c29-23-16-20(32-26(34)21-8-4-5-9-22(21)27(32)35)14-15-24(23)30-28(36)31-25(33)19-12-10-18(11-13-19)17-6-2-1-3-7-17/h1-16H,(H2,30,31,33,36). The van der Waals surface area contributed by atoms with Crippen molar-refractivity contribution in [3.05, 3.63) is 119 Å². The third-order valence-corrected chi connectivity index (χ3v) is 6.25. The molecule has 0 saturated carbocycles. The van der Waals surface area contributed by atoms with E-state index in [1.165, 1.54) is 6.07 Å². The van der Waals surface area contributed by atoms with Crippen LogP contribution < -0.4 is 15.5 Å². The minimum Gasteiger partial charge on any atom is -0.331 e. The molecular weight excluding hydrogens is 494 g/mol. The average Bonchev–Trinajstić information content (AvgIpc) is 3.15. The highest BCUT2D eigenvalue weighted by Crippen LogP contribution is 2.33. The Morgan fingerprint density at radius 2 is 1.33 bits per heavy atom. The van der Waals surface area contributed by atoms with Crippen molar-refractivity contribution in [3.63, 3.8) is 0 Å². The quantitative estimate of drug-likeness (QED) is 0.262. The summed E-state index contributed by atoms with van der Waals surface area (Å²) in [5, 5.41) is 5.80. The first-order valence-corrected chi connectivity index (χ1v) is 11.8. The molecule has 3 amide bonds. The lowest BCUT2D eigenvalue weighted by Gasteiger charge is -2.16. The number of imide groups is 1. The van der Waals surface area contributed by atoms with E-state index in [1.54, 1.807) is 48.5 Å². The van der Waals surface area contributed by atoms with E-state index in [2.05, 4.69) is 10.6 Å². The van der Waals surface area contributed by atoms with E-state index in [-0.39, 0.29) is 16.0 Å². The van der Waals surface area contributed by atoms with Crippen LogP contribution in [0.1, 0.15) is 31.1 Å². The number of nitrogens with one attached hydrogen (secondary N) is 2. The molecule has 36 heavy (non-hydrogen) atoms. The van der Waals surface area contributed by atoms with Crippen LogP contribution >= 0.6 is 23.8 Å². The third-order valence-electron chi connectivity index (χ3n) is 5.73. The Morgan fingerprint density at radius 3 is 1.94 bits per heavy atom. The second-order valence-electron chi connectivity index (χ2n) is 8.01. The Hall–Kier alpha value is -4.33. The molecule has 2 N–H and O–H groups in total. The molecule has 0 atom stereocenters. The molecule has 176 valence electrons. The van der Waals surface area contributed by atoms with Gasteiger partial charge in [0.05, 0.1) is 27.5 Å². The number of carbonyl (C=O) groups excluding carboxylic acids is 3. The van der Waals surface area contributed by atoms with Crippen LogP contribution in [0.5, 0.6) is 0 Å². The monoisotopic (exact) mass is 511 g/mol. The molecule has 5 rings (SSSR count). The number of thiocarbonyl (C=S) groups is 1. The van der Waals surface area contributed by atoms with Crippen LogP contribution in [0.15, 0.2) is 97.1 Å². The van der Waals surface area contributed by atoms with Crippen LogP contribution in [0.3, 0.4) is 0 Å². The fraction of sp³-hybridized carbons (Fsp3) is 0. The summed E-state index contributed by atoms with van der Waals surface area (Å²) in [6.07, 6.45) is 0. The second-order valence-corrected chi connectivity index (χ2v) is 8.82. The predicted octanol–water partition coefficient (Wildman–Crippen LogP) is 5.93. The molecular formula is C28H18ClN3O3S. The maximum absolute atomic E-state index is 12.7. The number of hydrogen-bond acceptors (Lipinski definition) is 4. The zero-order valence-electron chi connectivity index (χ0n) is 18.7. The van der Waals surface area contributed by atoms with Crippen LogP contribution in [0.4, 0.5) is 11.4 Å². The van der Waals surface area contributed by atoms with Gasteiger partial charge in [0.15, 0.2) is 5.11 Å². The molecule has 0 spiro atoms. The van der Waals surface area contributed by atoms with Gasteiger partial charge in [-0.25, -0.2) is 4.90 Å². The van der Waals surface area contributed by atoms with Gasteiger partial charge in [-0.15, -0.1) is 0 Å². The van der Waals surface area contributed by atoms with Crippen molar-refractivity contribution < 1.29 is 14.4 Å². The van der Waals surface area contributed by atoms with E-state index in [0.717, 1.165) is 16.0 Å². The summed E-state index contributed by atoms with van der Waals surface area (Å²) in [5.41, 5.74) is 3.96. The van der Waals surface area contributed by atoms with Crippen LogP contribution in [-0.2, 0) is 0 Å². The number of fused-ring (bicyclic) bond motifs is 1. The largest absolute Gasteiger partial charge is 0.331 e. The molecule has 0 saturated heterocycles. The summed E-state index contributed by atoms with van der Waals surface area (Å²) < 4.78 is 0. The molecule has 1 heterocycles. The maximum atomic E-state index is 12.7. The predicted molar refractivity (Wildman–Crippen MR) is 145 cm³/mol. The molecule has 0 aliphatic carbocycles. The minimum atomic E-state index is -0.409. The number of hydrogen-bond donors (Lipinski definition) is 2. The zero-order chi connectivity index (χ0) is 25.2. The summed E-state index contributed by atoms with van der Waals surface area (Å²) in [6, 6.07) is 28.4. The van der Waals surface area contributed by atoms with Gasteiger partial charge in [0.2, 0.25) is 0 Å². The normalized spacial score (nSPS) is 12.3. The summed E-state index contributed by atoms with van der Waals surface area (Å²) in [5.74, 6) is -1.19. The van der Waals surface area contributed by atoms with Crippen LogP contribution in [0, 0.1) is 0 Å². The summed E-state index contributed by atoms with van der Waals surface area (Å²) in [7, 11) is 0. The highest BCUT2D eigenvalue weighted by Gasteiger charge is 2.36. The summed E-state index contributed by atoms with van der Waals surface area (Å²) >= 11 is 11.7. The van der Waals surface area contributed by atoms with Gasteiger partial charge in [-0.3, -0.25) is 19.7 Å². The number of halogens is 1. The molecule has 0 fully saturated rings. The van der Waals surface area contributed by atoms with Gasteiger partial charge in [-0.1, -0.05) is 66.2 Å². The van der Waals surface area contributed by atoms with Gasteiger partial charge < -0.3 is 5.32 Å². The third kappa shape index (κ3) is 4.49. The van der Waals surface area contributed by atoms with Crippen LogP contribution in [-0.4, -0.2) is 22.8 Å². The van der Waals surface area contributed by atoms with Crippen molar-refractivity contribution in [1.82, 2.24) is 5.32 Å². The van der Waals surface area contributed by atoms with E-state index in [9.17, 15) is 14.4 Å². The van der Waals surface area contributed by atoms with Gasteiger partial charge in [-0.05, 0) is 65.8 Å². The van der Waals surface area contributed by atoms with Gasteiger partial charge in [-0.2, -0.15) is 0 Å². The number of anilines is 2. The molecule has 8 heteroatoms. The molecule has 0 bridgehead atoms. The molecule has 1 aliphatic rings. The Labute approximate surface area is 217 Å². The summed E-state index contributed by atoms with van der Waals surface area (Å²) in [4.78, 5) is 39.2. The second kappa shape index (κ2) is 9.73. The number of benzene rings is 4. The van der Waals surface area contributed by atoms with Crippen LogP contribution in [0.2, 0.25) is 5.02 Å². The van der Waals surface area contributed by atoms with E-state index in [1.807, 2.05) is 42.5 Å². The number of nitrogens with zero attached hydrogens (tertiary/aromatic N) is 1. The number of carbonyl (C=O) groups is 3. The van der Waals surface area contributed by atoms with Crippen molar-refractivity contribution in [3.8, 4) is 11.1 Å². The lowest BCUT2D eigenvalue weighted by Crippen LogP contribution is -2.34. The fourth-order valence-corrected chi connectivity index (χ4v) is 4.37. The fourth-order valence-electron chi connectivity index (χ4n) is 3.94. The first-order valence-electron chi connectivity index (χ1n) is 11.0. The van der Waals surface area contributed by atoms with Gasteiger partial charge in [0, 0.05) is 5.56 Å². The minimum absolute atomic E-state index is 0.0579. The number of rotatable bonds is 4. The SMILES string of the molecule is O=C(NC(=S)Nc1ccc(N2C(=O)c3ccccc3C2=O)cc1Cl)c1ccc(-c2ccccc2)cc1. The smallest absolute Gasteiger partial charge is 0.266 e. The average molecular weight is 512 g/mol. The Morgan fingerprint density at radius 1 is 0.750 bits per heavy atom. The van der Waals surface area contributed by atoms with Crippen molar-refractivity contribution in [1.29, 1.82) is 0 Å². The molecule has 0 aromatic heterocycles. The van der Waals surface area contributed by atoms with E-state index in [0.29, 0.717) is 28.1 Å². The lowest BCUT2D eigenvalue weighted by molar-refractivity contribution is 0.0923. The highest BCUT2D eigenvalue weighted by atomic mass is 35.5.